The molecule has 19 heavy (non-hydrogen) atoms. The Hall–Kier alpha value is -1.36. The van der Waals surface area contributed by atoms with Crippen molar-refractivity contribution in [2.45, 2.75) is 39.2 Å². The Morgan fingerprint density at radius 1 is 1.58 bits per heavy atom. The molecule has 2 unspecified atom stereocenters. The van der Waals surface area contributed by atoms with Crippen LogP contribution in [0.1, 0.15) is 42.4 Å². The number of aromatic nitrogens is 2. The minimum Gasteiger partial charge on any atom is -0.334 e. The molecule has 2 rings (SSSR count). The molecule has 1 aliphatic rings. The van der Waals surface area contributed by atoms with Gasteiger partial charge in [-0.25, -0.2) is 0 Å². The van der Waals surface area contributed by atoms with E-state index in [0.717, 1.165) is 25.1 Å². The molecule has 1 heterocycles. The van der Waals surface area contributed by atoms with Gasteiger partial charge >= 0.3 is 0 Å². The topological polar surface area (TPSA) is 64.2 Å². The number of aryl methyl sites for hydroxylation is 2. The van der Waals surface area contributed by atoms with Crippen molar-refractivity contribution in [3.63, 3.8) is 0 Å². The molecule has 1 amide bonds. The minimum absolute atomic E-state index is 0.0796. The lowest BCUT2D eigenvalue weighted by Crippen LogP contribution is -2.44. The highest BCUT2D eigenvalue weighted by atomic mass is 16.2. The normalized spacial score (nSPS) is 22.7. The maximum atomic E-state index is 12.7. The van der Waals surface area contributed by atoms with Crippen molar-refractivity contribution in [2.75, 3.05) is 13.1 Å². The van der Waals surface area contributed by atoms with Crippen molar-refractivity contribution in [2.24, 2.45) is 18.7 Å². The number of rotatable bonds is 4. The average Bonchev–Trinajstić information content (AvgIpc) is 2.96. The zero-order valence-corrected chi connectivity index (χ0v) is 12.1. The van der Waals surface area contributed by atoms with Gasteiger partial charge in [-0.2, -0.15) is 5.10 Å². The fourth-order valence-corrected chi connectivity index (χ4v) is 3.19. The molecule has 0 aromatic carbocycles. The maximum absolute atomic E-state index is 12.7. The van der Waals surface area contributed by atoms with E-state index in [2.05, 4.69) is 5.10 Å². The van der Waals surface area contributed by atoms with Gasteiger partial charge in [-0.3, -0.25) is 9.48 Å². The highest BCUT2D eigenvalue weighted by molar-refractivity contribution is 5.93. The second-order valence-electron chi connectivity index (χ2n) is 5.38. The first-order chi connectivity index (χ1) is 9.08. The zero-order chi connectivity index (χ0) is 14.0. The molecule has 5 nitrogen and oxygen atoms in total. The summed E-state index contributed by atoms with van der Waals surface area (Å²) in [5.41, 5.74) is 7.38. The van der Waals surface area contributed by atoms with Crippen LogP contribution in [0.4, 0.5) is 0 Å². The molecule has 1 fully saturated rings. The van der Waals surface area contributed by atoms with Crippen LogP contribution in [0.15, 0.2) is 6.07 Å². The third-order valence-electron chi connectivity index (χ3n) is 4.14. The van der Waals surface area contributed by atoms with E-state index in [4.69, 9.17) is 5.73 Å². The lowest BCUT2D eigenvalue weighted by atomic mass is 10.0. The summed E-state index contributed by atoms with van der Waals surface area (Å²) in [6.07, 6.45) is 3.37. The first-order valence-electron chi connectivity index (χ1n) is 7.10. The van der Waals surface area contributed by atoms with Crippen LogP contribution < -0.4 is 5.73 Å². The van der Waals surface area contributed by atoms with E-state index in [0.29, 0.717) is 18.2 Å². The Morgan fingerprint density at radius 3 is 2.84 bits per heavy atom. The highest BCUT2D eigenvalue weighted by Gasteiger charge is 2.34. The summed E-state index contributed by atoms with van der Waals surface area (Å²) in [6, 6.07) is 2.15. The average molecular weight is 264 g/mol. The van der Waals surface area contributed by atoms with E-state index >= 15 is 0 Å². The van der Waals surface area contributed by atoms with Gasteiger partial charge in [-0.15, -0.1) is 0 Å². The molecule has 106 valence electrons. The molecule has 1 saturated carbocycles. The van der Waals surface area contributed by atoms with Gasteiger partial charge in [-0.1, -0.05) is 6.42 Å². The minimum atomic E-state index is 0.0796. The van der Waals surface area contributed by atoms with Crippen molar-refractivity contribution >= 4 is 5.91 Å². The van der Waals surface area contributed by atoms with Crippen LogP contribution in [0.25, 0.3) is 0 Å². The maximum Gasteiger partial charge on any atom is 0.272 e. The van der Waals surface area contributed by atoms with Crippen molar-refractivity contribution in [3.8, 4) is 0 Å². The summed E-state index contributed by atoms with van der Waals surface area (Å²) < 4.78 is 1.67. The van der Waals surface area contributed by atoms with Crippen LogP contribution in [0.5, 0.6) is 0 Å². The number of hydrogen-bond donors (Lipinski definition) is 1. The van der Waals surface area contributed by atoms with E-state index in [1.165, 1.54) is 6.42 Å². The molecule has 1 aromatic rings. The van der Waals surface area contributed by atoms with Gasteiger partial charge in [0, 0.05) is 19.6 Å². The van der Waals surface area contributed by atoms with Crippen molar-refractivity contribution < 1.29 is 4.79 Å². The fraction of sp³-hybridized carbons (Fsp3) is 0.714. The van der Waals surface area contributed by atoms with Crippen molar-refractivity contribution in [1.82, 2.24) is 14.7 Å². The summed E-state index contributed by atoms with van der Waals surface area (Å²) in [6.45, 7) is 5.33. The van der Waals surface area contributed by atoms with Crippen LogP contribution in [0.3, 0.4) is 0 Å². The Kier molecular flexibility index (Phi) is 4.24. The monoisotopic (exact) mass is 264 g/mol. The van der Waals surface area contributed by atoms with E-state index in [9.17, 15) is 4.79 Å². The molecule has 0 spiro atoms. The molecule has 1 aromatic heterocycles. The van der Waals surface area contributed by atoms with Crippen LogP contribution in [0, 0.1) is 12.8 Å². The molecule has 1 aliphatic carbocycles. The second-order valence-corrected chi connectivity index (χ2v) is 5.38. The number of nitrogens with zero attached hydrogens (tertiary/aromatic N) is 3. The summed E-state index contributed by atoms with van der Waals surface area (Å²) >= 11 is 0. The molecule has 2 atom stereocenters. The predicted octanol–water partition coefficient (Wildman–Crippen LogP) is 1.32. The lowest BCUT2D eigenvalue weighted by molar-refractivity contribution is 0.0640. The molecule has 5 heteroatoms. The van der Waals surface area contributed by atoms with Crippen LogP contribution >= 0.6 is 0 Å². The number of carbonyl (C=O) groups excluding carboxylic acids is 1. The van der Waals surface area contributed by atoms with Gasteiger partial charge in [0.1, 0.15) is 5.69 Å². The molecule has 0 bridgehead atoms. The number of hydrogen-bond acceptors (Lipinski definition) is 3. The van der Waals surface area contributed by atoms with Gasteiger partial charge in [0.2, 0.25) is 0 Å². The summed E-state index contributed by atoms with van der Waals surface area (Å²) in [4.78, 5) is 14.7. The van der Waals surface area contributed by atoms with Gasteiger partial charge in [0.05, 0.1) is 5.69 Å². The molecule has 0 aliphatic heterocycles. The standard InChI is InChI=1S/C14H24N4O/c1-4-18(12-7-5-6-11(12)9-15)14(19)13-8-10(2)16-17(13)3/h8,11-12H,4-7,9,15H2,1-3H3. The second kappa shape index (κ2) is 5.74. The Labute approximate surface area is 114 Å². The summed E-state index contributed by atoms with van der Waals surface area (Å²) in [7, 11) is 1.82. The van der Waals surface area contributed by atoms with E-state index in [1.807, 2.05) is 31.9 Å². The zero-order valence-electron chi connectivity index (χ0n) is 12.1. The molecular formula is C14H24N4O. The lowest BCUT2D eigenvalue weighted by Gasteiger charge is -2.31. The van der Waals surface area contributed by atoms with Crippen molar-refractivity contribution in [1.29, 1.82) is 0 Å². The largest absolute Gasteiger partial charge is 0.334 e. The smallest absolute Gasteiger partial charge is 0.272 e. The molecular weight excluding hydrogens is 240 g/mol. The van der Waals surface area contributed by atoms with E-state index < -0.39 is 0 Å². The quantitative estimate of drug-likeness (QED) is 0.892. The molecule has 0 saturated heterocycles. The Bertz CT molecular complexity index is 454. The first-order valence-corrected chi connectivity index (χ1v) is 7.10. The van der Waals surface area contributed by atoms with E-state index in [1.54, 1.807) is 4.68 Å². The Morgan fingerprint density at radius 2 is 2.32 bits per heavy atom. The fourth-order valence-electron chi connectivity index (χ4n) is 3.19. The number of amides is 1. The summed E-state index contributed by atoms with van der Waals surface area (Å²) in [5, 5.41) is 4.26. The van der Waals surface area contributed by atoms with Crippen LogP contribution in [-0.4, -0.2) is 39.7 Å². The predicted molar refractivity (Wildman–Crippen MR) is 74.8 cm³/mol. The Balaban J connectivity index is 2.22. The third-order valence-corrected chi connectivity index (χ3v) is 4.14. The van der Waals surface area contributed by atoms with Gasteiger partial charge < -0.3 is 10.6 Å². The number of nitrogens with two attached hydrogens (primary N) is 1. The van der Waals surface area contributed by atoms with Gasteiger partial charge in [-0.05, 0) is 45.2 Å². The van der Waals surface area contributed by atoms with Crippen LogP contribution in [0.2, 0.25) is 0 Å². The molecule has 0 radical (unpaired) electrons. The van der Waals surface area contributed by atoms with Crippen molar-refractivity contribution in [3.05, 3.63) is 17.5 Å². The first kappa shape index (κ1) is 14.1. The van der Waals surface area contributed by atoms with Gasteiger partial charge in [0.15, 0.2) is 0 Å². The third kappa shape index (κ3) is 2.66. The highest BCUT2D eigenvalue weighted by Crippen LogP contribution is 2.30. The molecule has 2 N–H and O–H groups in total. The summed E-state index contributed by atoms with van der Waals surface area (Å²) in [5.74, 6) is 0.522. The van der Waals surface area contributed by atoms with E-state index in [-0.39, 0.29) is 11.9 Å². The SMILES string of the molecule is CCN(C(=O)c1cc(C)nn1C)C1CCCC1CN. The van der Waals surface area contributed by atoms with Crippen LogP contribution in [-0.2, 0) is 7.05 Å². The number of carbonyl (C=O) groups is 1. The van der Waals surface area contributed by atoms with Gasteiger partial charge in [0.25, 0.3) is 5.91 Å².